The zero-order chi connectivity index (χ0) is 23.6. The van der Waals surface area contributed by atoms with Crippen LogP contribution in [0.5, 0.6) is 0 Å². The number of hydrogen-bond acceptors (Lipinski definition) is 5. The van der Waals surface area contributed by atoms with Crippen molar-refractivity contribution in [2.24, 2.45) is 14.1 Å². The number of aryl methyl sites for hydroxylation is 3. The van der Waals surface area contributed by atoms with Gasteiger partial charge in [0.2, 0.25) is 0 Å². The van der Waals surface area contributed by atoms with Gasteiger partial charge in [0.1, 0.15) is 11.3 Å². The molecular formula is C22H20F3N7O. The van der Waals surface area contributed by atoms with Crippen LogP contribution in [0.25, 0.3) is 22.4 Å². The van der Waals surface area contributed by atoms with Gasteiger partial charge < -0.3 is 9.47 Å². The number of nitrogens with zero attached hydrogens (tertiary/aromatic N) is 7. The molecule has 8 nitrogen and oxygen atoms in total. The van der Waals surface area contributed by atoms with Crippen molar-refractivity contribution < 1.29 is 18.0 Å². The number of rotatable bonds is 2. The highest BCUT2D eigenvalue weighted by molar-refractivity contribution is 6.02. The van der Waals surface area contributed by atoms with E-state index >= 15 is 0 Å². The van der Waals surface area contributed by atoms with E-state index in [-0.39, 0.29) is 17.2 Å². The molecule has 11 heteroatoms. The van der Waals surface area contributed by atoms with Crippen molar-refractivity contribution in [3.63, 3.8) is 0 Å². The number of amides is 1. The van der Waals surface area contributed by atoms with Crippen LogP contribution < -0.4 is 0 Å². The van der Waals surface area contributed by atoms with Gasteiger partial charge >= 0.3 is 0 Å². The minimum Gasteiger partial charge on any atom is -0.328 e. The molecule has 1 aromatic carbocycles. The molecule has 0 bridgehead atoms. The largest absolute Gasteiger partial charge is 0.328 e. The molecule has 4 heterocycles. The highest BCUT2D eigenvalue weighted by Gasteiger charge is 2.35. The Labute approximate surface area is 186 Å². The van der Waals surface area contributed by atoms with Crippen LogP contribution in [-0.4, -0.2) is 46.7 Å². The minimum absolute atomic E-state index is 0.191. The first-order valence-electron chi connectivity index (χ1n) is 10.3. The third kappa shape index (κ3) is 3.18. The van der Waals surface area contributed by atoms with Gasteiger partial charge in [-0.15, -0.1) is 0 Å². The van der Waals surface area contributed by atoms with Crippen LogP contribution >= 0.6 is 0 Å². The molecule has 1 amide bonds. The molecule has 170 valence electrons. The lowest BCUT2D eigenvalue weighted by Crippen LogP contribution is -2.39. The lowest BCUT2D eigenvalue weighted by atomic mass is 9.95. The SMILES string of the molecule is Cc1nc(C(=O)N2CCc3c(nn(C)c3-c3cc(F)c(F)c(F)c3)[C@@H]2C)c2ncn(C)c2n1. The van der Waals surface area contributed by atoms with Crippen molar-refractivity contribution in [1.29, 1.82) is 0 Å². The summed E-state index contributed by atoms with van der Waals surface area (Å²) in [6.07, 6.45) is 1.99. The van der Waals surface area contributed by atoms with Crippen molar-refractivity contribution in [2.45, 2.75) is 26.3 Å². The molecule has 1 atom stereocenters. The number of carbonyl (C=O) groups is 1. The van der Waals surface area contributed by atoms with Crippen molar-refractivity contribution >= 4 is 17.1 Å². The Morgan fingerprint density at radius 2 is 1.82 bits per heavy atom. The first-order valence-corrected chi connectivity index (χ1v) is 10.3. The smallest absolute Gasteiger partial charge is 0.275 e. The van der Waals surface area contributed by atoms with Crippen molar-refractivity contribution in [3.8, 4) is 11.3 Å². The van der Waals surface area contributed by atoms with Gasteiger partial charge in [0.25, 0.3) is 5.91 Å². The second kappa shape index (κ2) is 7.39. The standard InChI is InChI=1S/C22H20F3N7O/c1-10-17-13(20(31(4)29-17)12-7-14(23)16(25)15(24)8-12)5-6-32(10)22(33)19-18-21(28-11(2)27-19)30(3)9-26-18/h7-10H,5-6H2,1-4H3/t10-/m0/s1. The fourth-order valence-electron chi connectivity index (χ4n) is 4.48. The Kier molecular flexibility index (Phi) is 4.73. The van der Waals surface area contributed by atoms with Crippen LogP contribution in [0.1, 0.15) is 40.5 Å². The van der Waals surface area contributed by atoms with Gasteiger partial charge in [-0.25, -0.2) is 28.1 Å². The summed E-state index contributed by atoms with van der Waals surface area (Å²) in [6.45, 7) is 3.89. The summed E-state index contributed by atoms with van der Waals surface area (Å²) in [4.78, 5) is 28.2. The Balaban J connectivity index is 1.55. The first kappa shape index (κ1) is 21.1. The van der Waals surface area contributed by atoms with E-state index in [1.165, 1.54) is 4.68 Å². The van der Waals surface area contributed by atoms with Gasteiger partial charge in [0.15, 0.2) is 28.8 Å². The maximum Gasteiger partial charge on any atom is 0.275 e. The molecule has 0 N–H and O–H groups in total. The Hall–Kier alpha value is -3.76. The number of benzene rings is 1. The number of fused-ring (bicyclic) bond motifs is 2. The summed E-state index contributed by atoms with van der Waals surface area (Å²) >= 11 is 0. The molecular weight excluding hydrogens is 435 g/mol. The number of imidazole rings is 1. The lowest BCUT2D eigenvalue weighted by molar-refractivity contribution is 0.0669. The quantitative estimate of drug-likeness (QED) is 0.434. The van der Waals surface area contributed by atoms with Crippen LogP contribution in [0.15, 0.2) is 18.5 Å². The van der Waals surface area contributed by atoms with E-state index in [1.807, 2.05) is 6.92 Å². The van der Waals surface area contributed by atoms with Crippen molar-refractivity contribution in [3.05, 3.63) is 58.7 Å². The molecule has 0 radical (unpaired) electrons. The molecule has 5 rings (SSSR count). The van der Waals surface area contributed by atoms with Crippen LogP contribution in [-0.2, 0) is 20.5 Å². The van der Waals surface area contributed by atoms with E-state index in [9.17, 15) is 18.0 Å². The summed E-state index contributed by atoms with van der Waals surface area (Å²) in [6, 6.07) is 1.49. The van der Waals surface area contributed by atoms with Gasteiger partial charge in [-0.3, -0.25) is 9.48 Å². The molecule has 0 saturated heterocycles. The summed E-state index contributed by atoms with van der Waals surface area (Å²) < 4.78 is 44.4. The van der Waals surface area contributed by atoms with E-state index in [0.717, 1.165) is 17.7 Å². The molecule has 1 aliphatic heterocycles. The fraction of sp³-hybridized carbons (Fsp3) is 0.318. The van der Waals surface area contributed by atoms with Crippen molar-refractivity contribution in [2.75, 3.05) is 6.54 Å². The summed E-state index contributed by atoms with van der Waals surface area (Å²) in [5.41, 5.74) is 3.26. The van der Waals surface area contributed by atoms with Crippen LogP contribution in [0.3, 0.4) is 0 Å². The Morgan fingerprint density at radius 3 is 2.52 bits per heavy atom. The number of carbonyl (C=O) groups excluding carboxylic acids is 1. The zero-order valence-corrected chi connectivity index (χ0v) is 18.4. The van der Waals surface area contributed by atoms with E-state index < -0.39 is 23.5 Å². The second-order valence-corrected chi connectivity index (χ2v) is 8.16. The lowest BCUT2D eigenvalue weighted by Gasteiger charge is -2.32. The van der Waals surface area contributed by atoms with Crippen LogP contribution in [0, 0.1) is 24.4 Å². The predicted molar refractivity (Wildman–Crippen MR) is 113 cm³/mol. The number of halogens is 3. The average Bonchev–Trinajstić information content (AvgIpc) is 3.31. The van der Waals surface area contributed by atoms with Gasteiger partial charge in [0.05, 0.1) is 23.8 Å². The molecule has 0 fully saturated rings. The highest BCUT2D eigenvalue weighted by Crippen LogP contribution is 2.37. The molecule has 0 saturated carbocycles. The first-order chi connectivity index (χ1) is 15.7. The zero-order valence-electron chi connectivity index (χ0n) is 18.4. The normalized spacial score (nSPS) is 15.8. The third-order valence-corrected chi connectivity index (χ3v) is 6.03. The van der Waals surface area contributed by atoms with Gasteiger partial charge in [-0.2, -0.15) is 5.10 Å². The topological polar surface area (TPSA) is 81.7 Å². The molecule has 4 aromatic rings. The van der Waals surface area contributed by atoms with Crippen molar-refractivity contribution in [1.82, 2.24) is 34.2 Å². The Bertz CT molecular complexity index is 1420. The van der Waals surface area contributed by atoms with Crippen LogP contribution in [0.2, 0.25) is 0 Å². The van der Waals surface area contributed by atoms with E-state index in [1.54, 1.807) is 36.8 Å². The maximum atomic E-state index is 13.9. The highest BCUT2D eigenvalue weighted by atomic mass is 19.2. The molecule has 0 aliphatic carbocycles. The average molecular weight is 455 g/mol. The number of hydrogen-bond donors (Lipinski definition) is 0. The minimum atomic E-state index is -1.51. The van der Waals surface area contributed by atoms with E-state index in [0.29, 0.717) is 41.3 Å². The summed E-state index contributed by atoms with van der Waals surface area (Å²) in [5.74, 6) is -3.88. The monoisotopic (exact) mass is 455 g/mol. The predicted octanol–water partition coefficient (Wildman–Crippen LogP) is 3.25. The van der Waals surface area contributed by atoms with Gasteiger partial charge in [-0.05, 0) is 32.4 Å². The molecule has 0 spiro atoms. The van der Waals surface area contributed by atoms with E-state index in [2.05, 4.69) is 20.1 Å². The maximum absolute atomic E-state index is 13.9. The van der Waals surface area contributed by atoms with Gasteiger partial charge in [-0.1, -0.05) is 0 Å². The molecule has 0 unspecified atom stereocenters. The number of aromatic nitrogens is 6. The molecule has 33 heavy (non-hydrogen) atoms. The van der Waals surface area contributed by atoms with E-state index in [4.69, 9.17) is 0 Å². The Morgan fingerprint density at radius 1 is 1.12 bits per heavy atom. The fourth-order valence-corrected chi connectivity index (χ4v) is 4.48. The summed E-state index contributed by atoms with van der Waals surface area (Å²) in [5, 5.41) is 4.53. The molecule has 1 aliphatic rings. The third-order valence-electron chi connectivity index (χ3n) is 6.03. The van der Waals surface area contributed by atoms with Gasteiger partial charge in [0, 0.05) is 31.8 Å². The van der Waals surface area contributed by atoms with Crippen LogP contribution in [0.4, 0.5) is 13.2 Å². The second-order valence-electron chi connectivity index (χ2n) is 8.16. The molecule has 3 aromatic heterocycles. The summed E-state index contributed by atoms with van der Waals surface area (Å²) in [7, 11) is 3.44.